The van der Waals surface area contributed by atoms with Gasteiger partial charge in [-0.25, -0.2) is 0 Å². The largest absolute Gasteiger partial charge is 0.376 e. The van der Waals surface area contributed by atoms with Crippen LogP contribution >= 0.6 is 0 Å². The molecular formula is C6H8N2. The maximum atomic E-state index is 8.34. The summed E-state index contributed by atoms with van der Waals surface area (Å²) in [5, 5.41) is 11.3. The van der Waals surface area contributed by atoms with Crippen molar-refractivity contribution < 1.29 is 0 Å². The lowest BCUT2D eigenvalue weighted by atomic mass is 10.1. The molecule has 1 unspecified atom stereocenters. The number of hydrogen-bond acceptors (Lipinski definition) is 2. The summed E-state index contributed by atoms with van der Waals surface area (Å²) >= 11 is 0. The monoisotopic (exact) mass is 108 g/mol. The zero-order chi connectivity index (χ0) is 5.82. The number of allylic oxidation sites excluding steroid dienone is 1. The molecule has 2 heteroatoms. The van der Waals surface area contributed by atoms with E-state index >= 15 is 0 Å². The first-order valence-corrected chi connectivity index (χ1v) is 2.74. The summed E-state index contributed by atoms with van der Waals surface area (Å²) in [4.78, 5) is 0. The van der Waals surface area contributed by atoms with Crippen molar-refractivity contribution in [2.75, 3.05) is 0 Å². The fraction of sp³-hybridized carbons (Fsp3) is 0.500. The van der Waals surface area contributed by atoms with Crippen molar-refractivity contribution >= 4 is 0 Å². The molecule has 0 aromatic heterocycles. The Morgan fingerprint density at radius 3 is 3.00 bits per heavy atom. The van der Waals surface area contributed by atoms with Gasteiger partial charge in [0.15, 0.2) is 0 Å². The van der Waals surface area contributed by atoms with Gasteiger partial charge in [-0.3, -0.25) is 0 Å². The van der Waals surface area contributed by atoms with Gasteiger partial charge in [-0.05, 0) is 19.0 Å². The highest BCUT2D eigenvalue weighted by Crippen LogP contribution is 2.01. The molecule has 1 N–H and O–H groups in total. The van der Waals surface area contributed by atoms with Crippen LogP contribution < -0.4 is 5.32 Å². The topological polar surface area (TPSA) is 35.8 Å². The van der Waals surface area contributed by atoms with Crippen molar-refractivity contribution in [3.05, 3.63) is 12.3 Å². The first-order chi connectivity index (χ1) is 3.93. The average Bonchev–Trinajstić information content (AvgIpc) is 1.90. The van der Waals surface area contributed by atoms with Crippen LogP contribution in [0.1, 0.15) is 12.8 Å². The molecule has 8 heavy (non-hydrogen) atoms. The molecule has 1 aliphatic heterocycles. The SMILES string of the molecule is N#CC1CCC=CN1. The third-order valence-corrected chi connectivity index (χ3v) is 1.19. The molecule has 0 bridgehead atoms. The summed E-state index contributed by atoms with van der Waals surface area (Å²) in [5.41, 5.74) is 0. The molecule has 0 spiro atoms. The predicted octanol–water partition coefficient (Wildman–Crippen LogP) is 0.776. The van der Waals surface area contributed by atoms with E-state index in [0.29, 0.717) is 0 Å². The molecule has 0 aromatic carbocycles. The second-order valence-corrected chi connectivity index (χ2v) is 1.83. The molecule has 0 saturated carbocycles. The van der Waals surface area contributed by atoms with Crippen molar-refractivity contribution in [1.29, 1.82) is 5.26 Å². The normalized spacial score (nSPS) is 26.1. The molecule has 0 fully saturated rings. The van der Waals surface area contributed by atoms with Gasteiger partial charge in [0.1, 0.15) is 6.04 Å². The van der Waals surface area contributed by atoms with Gasteiger partial charge >= 0.3 is 0 Å². The van der Waals surface area contributed by atoms with Crippen LogP contribution in [0.5, 0.6) is 0 Å². The number of nitriles is 1. The Bertz CT molecular complexity index is 132. The summed E-state index contributed by atoms with van der Waals surface area (Å²) in [6.07, 6.45) is 5.86. The highest BCUT2D eigenvalue weighted by molar-refractivity contribution is 4.99. The van der Waals surface area contributed by atoms with E-state index in [9.17, 15) is 0 Å². The molecule has 2 nitrogen and oxygen atoms in total. The second-order valence-electron chi connectivity index (χ2n) is 1.83. The predicted molar refractivity (Wildman–Crippen MR) is 30.9 cm³/mol. The van der Waals surface area contributed by atoms with Crippen LogP contribution in [0.2, 0.25) is 0 Å². The Morgan fingerprint density at radius 1 is 1.75 bits per heavy atom. The fourth-order valence-electron chi connectivity index (χ4n) is 0.716. The lowest BCUT2D eigenvalue weighted by molar-refractivity contribution is 0.628. The van der Waals surface area contributed by atoms with Crippen molar-refractivity contribution in [1.82, 2.24) is 5.32 Å². The van der Waals surface area contributed by atoms with Gasteiger partial charge in [0, 0.05) is 0 Å². The average molecular weight is 108 g/mol. The lowest BCUT2D eigenvalue weighted by Gasteiger charge is -2.10. The molecule has 1 heterocycles. The molecule has 1 aliphatic rings. The molecule has 0 aliphatic carbocycles. The minimum Gasteiger partial charge on any atom is -0.376 e. The zero-order valence-corrected chi connectivity index (χ0v) is 4.59. The van der Waals surface area contributed by atoms with Crippen LogP contribution in [0.4, 0.5) is 0 Å². The van der Waals surface area contributed by atoms with Gasteiger partial charge in [0.05, 0.1) is 6.07 Å². The number of rotatable bonds is 0. The van der Waals surface area contributed by atoms with E-state index in [-0.39, 0.29) is 6.04 Å². The Hall–Kier alpha value is -0.970. The first kappa shape index (κ1) is 5.17. The Balaban J connectivity index is 2.41. The maximum Gasteiger partial charge on any atom is 0.114 e. The van der Waals surface area contributed by atoms with E-state index in [2.05, 4.69) is 11.4 Å². The Labute approximate surface area is 48.8 Å². The molecule has 0 amide bonds. The van der Waals surface area contributed by atoms with Crippen LogP contribution in [0.15, 0.2) is 12.3 Å². The summed E-state index contributed by atoms with van der Waals surface area (Å²) in [5.74, 6) is 0. The third-order valence-electron chi connectivity index (χ3n) is 1.19. The molecular weight excluding hydrogens is 100 g/mol. The van der Waals surface area contributed by atoms with Crippen LogP contribution in [0, 0.1) is 11.3 Å². The number of nitrogens with zero attached hydrogens (tertiary/aromatic N) is 1. The molecule has 0 aromatic rings. The van der Waals surface area contributed by atoms with E-state index in [4.69, 9.17) is 5.26 Å². The molecule has 42 valence electrons. The van der Waals surface area contributed by atoms with E-state index in [1.165, 1.54) is 0 Å². The summed E-state index contributed by atoms with van der Waals surface area (Å²) in [6, 6.07) is 2.20. The van der Waals surface area contributed by atoms with Gasteiger partial charge in [0.2, 0.25) is 0 Å². The number of hydrogen-bond donors (Lipinski definition) is 1. The molecule has 0 radical (unpaired) electrons. The van der Waals surface area contributed by atoms with Crippen molar-refractivity contribution in [2.45, 2.75) is 18.9 Å². The van der Waals surface area contributed by atoms with Crippen LogP contribution in [-0.2, 0) is 0 Å². The maximum absolute atomic E-state index is 8.34. The first-order valence-electron chi connectivity index (χ1n) is 2.74. The second kappa shape index (κ2) is 2.37. The van der Waals surface area contributed by atoms with E-state index in [1.807, 2.05) is 12.3 Å². The van der Waals surface area contributed by atoms with Crippen molar-refractivity contribution in [2.24, 2.45) is 0 Å². The fourth-order valence-corrected chi connectivity index (χ4v) is 0.716. The highest BCUT2D eigenvalue weighted by atomic mass is 14.9. The minimum atomic E-state index is 0.0556. The highest BCUT2D eigenvalue weighted by Gasteiger charge is 2.04. The zero-order valence-electron chi connectivity index (χ0n) is 4.59. The van der Waals surface area contributed by atoms with Crippen LogP contribution in [0.25, 0.3) is 0 Å². The van der Waals surface area contributed by atoms with Gasteiger partial charge in [-0.1, -0.05) is 6.08 Å². The Kier molecular flexibility index (Phi) is 1.53. The number of nitrogens with one attached hydrogen (secondary N) is 1. The smallest absolute Gasteiger partial charge is 0.114 e. The summed E-state index contributed by atoms with van der Waals surface area (Å²) in [6.45, 7) is 0. The van der Waals surface area contributed by atoms with Gasteiger partial charge < -0.3 is 5.32 Å². The van der Waals surface area contributed by atoms with Gasteiger partial charge in [-0.15, -0.1) is 0 Å². The van der Waals surface area contributed by atoms with Crippen molar-refractivity contribution in [3.63, 3.8) is 0 Å². The third kappa shape index (κ3) is 1.00. The van der Waals surface area contributed by atoms with Gasteiger partial charge in [-0.2, -0.15) is 5.26 Å². The molecule has 1 atom stereocenters. The van der Waals surface area contributed by atoms with E-state index < -0.39 is 0 Å². The van der Waals surface area contributed by atoms with E-state index in [0.717, 1.165) is 12.8 Å². The lowest BCUT2D eigenvalue weighted by Crippen LogP contribution is -2.24. The molecule has 0 saturated heterocycles. The van der Waals surface area contributed by atoms with Crippen molar-refractivity contribution in [3.8, 4) is 6.07 Å². The molecule has 1 rings (SSSR count). The van der Waals surface area contributed by atoms with Gasteiger partial charge in [0.25, 0.3) is 0 Å². The summed E-state index contributed by atoms with van der Waals surface area (Å²) < 4.78 is 0. The standard InChI is InChI=1S/C6H8N2/c7-5-6-3-1-2-4-8-6/h2,4,6,8H,1,3H2. The van der Waals surface area contributed by atoms with Crippen LogP contribution in [0.3, 0.4) is 0 Å². The quantitative estimate of drug-likeness (QED) is 0.497. The van der Waals surface area contributed by atoms with E-state index in [1.54, 1.807) is 0 Å². The Morgan fingerprint density at radius 2 is 2.62 bits per heavy atom. The van der Waals surface area contributed by atoms with Crippen LogP contribution in [-0.4, -0.2) is 6.04 Å². The minimum absolute atomic E-state index is 0.0556. The summed E-state index contributed by atoms with van der Waals surface area (Å²) in [7, 11) is 0.